The van der Waals surface area contributed by atoms with Crippen LogP contribution in [0.25, 0.3) is 5.65 Å². The van der Waals surface area contributed by atoms with Crippen LogP contribution in [0.1, 0.15) is 5.69 Å². The number of piperazine rings is 1. The van der Waals surface area contributed by atoms with Gasteiger partial charge in [-0.2, -0.15) is 0 Å². The largest absolute Gasteiger partial charge is 0.353 e. The van der Waals surface area contributed by atoms with Gasteiger partial charge in [-0.25, -0.2) is 9.97 Å². The van der Waals surface area contributed by atoms with Crippen LogP contribution in [0, 0.1) is 0 Å². The number of pyridine rings is 1. The van der Waals surface area contributed by atoms with Crippen LogP contribution in [0.15, 0.2) is 53.8 Å². The molecular formula is C17H18N6O. The van der Waals surface area contributed by atoms with E-state index in [1.807, 2.05) is 18.2 Å². The molecule has 1 fully saturated rings. The van der Waals surface area contributed by atoms with Crippen molar-refractivity contribution in [2.45, 2.75) is 6.54 Å². The topological polar surface area (TPSA) is 66.6 Å². The molecule has 0 bridgehead atoms. The first-order chi connectivity index (χ1) is 11.8. The zero-order valence-corrected chi connectivity index (χ0v) is 13.2. The monoisotopic (exact) mass is 322 g/mol. The fourth-order valence-corrected chi connectivity index (χ4v) is 3.00. The van der Waals surface area contributed by atoms with Gasteiger partial charge in [-0.3, -0.25) is 19.1 Å². The van der Waals surface area contributed by atoms with Gasteiger partial charge >= 0.3 is 0 Å². The van der Waals surface area contributed by atoms with Crippen molar-refractivity contribution < 1.29 is 0 Å². The van der Waals surface area contributed by atoms with Crippen LogP contribution in [0.2, 0.25) is 0 Å². The van der Waals surface area contributed by atoms with Gasteiger partial charge in [-0.1, -0.05) is 6.07 Å². The summed E-state index contributed by atoms with van der Waals surface area (Å²) in [5.74, 6) is 0.916. The van der Waals surface area contributed by atoms with Gasteiger partial charge in [0.2, 0.25) is 0 Å². The van der Waals surface area contributed by atoms with Gasteiger partial charge < -0.3 is 4.90 Å². The van der Waals surface area contributed by atoms with Gasteiger partial charge in [0.05, 0.1) is 11.9 Å². The molecule has 3 aromatic heterocycles. The van der Waals surface area contributed by atoms with E-state index in [1.54, 1.807) is 35.3 Å². The second-order valence-corrected chi connectivity index (χ2v) is 5.84. The molecule has 7 nitrogen and oxygen atoms in total. The molecule has 1 saturated heterocycles. The fraction of sp³-hybridized carbons (Fsp3) is 0.294. The highest BCUT2D eigenvalue weighted by Gasteiger charge is 2.18. The minimum atomic E-state index is -0.0335. The lowest BCUT2D eigenvalue weighted by Crippen LogP contribution is -2.46. The molecule has 0 aliphatic carbocycles. The van der Waals surface area contributed by atoms with Gasteiger partial charge in [-0.15, -0.1) is 0 Å². The lowest BCUT2D eigenvalue weighted by atomic mass is 10.2. The summed E-state index contributed by atoms with van der Waals surface area (Å²) in [5.41, 5.74) is 1.48. The number of rotatable bonds is 3. The van der Waals surface area contributed by atoms with E-state index < -0.39 is 0 Å². The Hall–Kier alpha value is -2.80. The molecular weight excluding hydrogens is 304 g/mol. The lowest BCUT2D eigenvalue weighted by molar-refractivity contribution is 0.246. The minimum absolute atomic E-state index is 0.0335. The summed E-state index contributed by atoms with van der Waals surface area (Å²) < 4.78 is 1.56. The number of hydrogen-bond acceptors (Lipinski definition) is 6. The normalized spacial score (nSPS) is 15.8. The number of hydrogen-bond donors (Lipinski definition) is 0. The smallest absolute Gasteiger partial charge is 0.258 e. The van der Waals surface area contributed by atoms with E-state index >= 15 is 0 Å². The molecule has 0 aromatic carbocycles. The summed E-state index contributed by atoms with van der Waals surface area (Å²) in [6.07, 6.45) is 6.94. The number of nitrogens with zero attached hydrogens (tertiary/aromatic N) is 6. The zero-order valence-electron chi connectivity index (χ0n) is 13.2. The van der Waals surface area contributed by atoms with Crippen LogP contribution in [0.4, 0.5) is 5.82 Å². The van der Waals surface area contributed by atoms with Crippen LogP contribution in [0.5, 0.6) is 0 Å². The molecule has 0 saturated carbocycles. The van der Waals surface area contributed by atoms with Crippen molar-refractivity contribution in [3.05, 3.63) is 65.1 Å². The van der Waals surface area contributed by atoms with Crippen molar-refractivity contribution in [3.8, 4) is 0 Å². The van der Waals surface area contributed by atoms with Gasteiger partial charge in [0, 0.05) is 57.4 Å². The highest BCUT2D eigenvalue weighted by atomic mass is 16.1. The Morgan fingerprint density at radius 1 is 1.08 bits per heavy atom. The molecule has 0 amide bonds. The molecule has 4 heterocycles. The highest BCUT2D eigenvalue weighted by molar-refractivity contribution is 5.38. The molecule has 0 spiro atoms. The summed E-state index contributed by atoms with van der Waals surface area (Å²) in [7, 11) is 0. The predicted octanol–water partition coefficient (Wildman–Crippen LogP) is 0.807. The molecule has 1 aliphatic rings. The number of fused-ring (bicyclic) bond motifs is 1. The first-order valence-corrected chi connectivity index (χ1v) is 8.00. The molecule has 0 unspecified atom stereocenters. The summed E-state index contributed by atoms with van der Waals surface area (Å²) in [5, 5.41) is 0. The van der Waals surface area contributed by atoms with E-state index in [4.69, 9.17) is 0 Å². The Labute approximate surface area is 139 Å². The van der Waals surface area contributed by atoms with Crippen LogP contribution < -0.4 is 10.5 Å². The maximum absolute atomic E-state index is 12.2. The van der Waals surface area contributed by atoms with E-state index in [2.05, 4.69) is 24.8 Å². The van der Waals surface area contributed by atoms with Gasteiger partial charge in [0.25, 0.3) is 5.56 Å². The highest BCUT2D eigenvalue weighted by Crippen LogP contribution is 2.13. The third-order valence-corrected chi connectivity index (χ3v) is 4.26. The lowest BCUT2D eigenvalue weighted by Gasteiger charge is -2.34. The molecule has 3 aromatic rings. The minimum Gasteiger partial charge on any atom is -0.353 e. The quantitative estimate of drug-likeness (QED) is 0.711. The third kappa shape index (κ3) is 2.98. The summed E-state index contributed by atoms with van der Waals surface area (Å²) in [6, 6.07) is 7.21. The molecule has 7 heteroatoms. The van der Waals surface area contributed by atoms with Crippen molar-refractivity contribution in [3.63, 3.8) is 0 Å². The predicted molar refractivity (Wildman–Crippen MR) is 91.0 cm³/mol. The molecule has 1 aliphatic heterocycles. The number of aromatic nitrogens is 4. The van der Waals surface area contributed by atoms with Crippen molar-refractivity contribution in [2.75, 3.05) is 31.1 Å². The first-order valence-electron chi connectivity index (χ1n) is 8.00. The first kappa shape index (κ1) is 14.8. The van der Waals surface area contributed by atoms with Crippen LogP contribution in [-0.4, -0.2) is 50.4 Å². The van der Waals surface area contributed by atoms with E-state index in [9.17, 15) is 4.79 Å². The van der Waals surface area contributed by atoms with Crippen LogP contribution in [0.3, 0.4) is 0 Å². The summed E-state index contributed by atoms with van der Waals surface area (Å²) in [6.45, 7) is 4.30. The Morgan fingerprint density at radius 2 is 1.96 bits per heavy atom. The van der Waals surface area contributed by atoms with Crippen molar-refractivity contribution in [2.24, 2.45) is 0 Å². The molecule has 4 rings (SSSR count). The molecule has 122 valence electrons. The average Bonchev–Trinajstić information content (AvgIpc) is 2.63. The molecule has 0 atom stereocenters. The summed E-state index contributed by atoms with van der Waals surface area (Å²) in [4.78, 5) is 29.8. The van der Waals surface area contributed by atoms with Crippen molar-refractivity contribution in [1.29, 1.82) is 0 Å². The van der Waals surface area contributed by atoms with Crippen LogP contribution >= 0.6 is 0 Å². The van der Waals surface area contributed by atoms with E-state index in [-0.39, 0.29) is 5.56 Å². The van der Waals surface area contributed by atoms with Crippen LogP contribution in [-0.2, 0) is 6.54 Å². The maximum Gasteiger partial charge on any atom is 0.258 e. The van der Waals surface area contributed by atoms with Gasteiger partial charge in [0.15, 0.2) is 0 Å². The fourth-order valence-electron chi connectivity index (χ4n) is 3.00. The second kappa shape index (κ2) is 6.37. The van der Waals surface area contributed by atoms with E-state index in [1.165, 1.54) is 0 Å². The average molecular weight is 322 g/mol. The molecule has 0 N–H and O–H groups in total. The Balaban J connectivity index is 1.45. The van der Waals surface area contributed by atoms with Gasteiger partial charge in [-0.05, 0) is 12.1 Å². The third-order valence-electron chi connectivity index (χ3n) is 4.26. The molecule has 24 heavy (non-hydrogen) atoms. The second-order valence-electron chi connectivity index (χ2n) is 5.84. The Morgan fingerprint density at radius 3 is 2.75 bits per heavy atom. The Kier molecular flexibility index (Phi) is 3.92. The number of anilines is 1. The van der Waals surface area contributed by atoms with Gasteiger partial charge in [0.1, 0.15) is 11.5 Å². The standard InChI is InChI=1S/C17H18N6O/c24-17-11-14(20-15-3-1-2-6-23(15)17)13-21-7-9-22(10-8-21)16-12-18-4-5-19-16/h1-6,11-12H,7-10,13H2. The Bertz CT molecular complexity index is 886. The van der Waals surface area contributed by atoms with Crippen molar-refractivity contribution >= 4 is 11.5 Å². The zero-order chi connectivity index (χ0) is 16.4. The SMILES string of the molecule is O=c1cc(CN2CCN(c3cnccn3)CC2)nc2ccccn12. The van der Waals surface area contributed by atoms with E-state index in [0.717, 1.165) is 37.7 Å². The van der Waals surface area contributed by atoms with Crippen molar-refractivity contribution in [1.82, 2.24) is 24.3 Å². The summed E-state index contributed by atoms with van der Waals surface area (Å²) >= 11 is 0. The van der Waals surface area contributed by atoms with E-state index in [0.29, 0.717) is 12.2 Å². The molecule has 0 radical (unpaired) electrons. The maximum atomic E-state index is 12.2.